The Morgan fingerprint density at radius 3 is 2.27 bits per heavy atom. The quantitative estimate of drug-likeness (QED) is 0.685. The topological polar surface area (TPSA) is 86.8 Å². The SMILES string of the molecule is C[C@H](c1cccc(NC(=O)c2ccccc2)c1)N(C)C(=O)CN1C(=O)[C@H]2CCCC[C@H]2C1=O. The molecule has 4 rings (SSSR count). The fourth-order valence-electron chi connectivity index (χ4n) is 4.74. The second-order valence-corrected chi connectivity index (χ2v) is 8.89. The van der Waals surface area contributed by atoms with Crippen LogP contribution in [-0.2, 0) is 14.4 Å². The average molecular weight is 448 g/mol. The molecule has 7 heteroatoms. The van der Waals surface area contributed by atoms with Gasteiger partial charge in [-0.2, -0.15) is 0 Å². The van der Waals surface area contributed by atoms with E-state index in [0.29, 0.717) is 11.3 Å². The van der Waals surface area contributed by atoms with Gasteiger partial charge in [-0.05, 0) is 49.6 Å². The van der Waals surface area contributed by atoms with Gasteiger partial charge >= 0.3 is 0 Å². The zero-order chi connectivity index (χ0) is 23.5. The highest BCUT2D eigenvalue weighted by atomic mass is 16.2. The first-order valence-corrected chi connectivity index (χ1v) is 11.4. The van der Waals surface area contributed by atoms with Crippen molar-refractivity contribution in [2.75, 3.05) is 18.9 Å². The largest absolute Gasteiger partial charge is 0.337 e. The van der Waals surface area contributed by atoms with Gasteiger partial charge in [0, 0.05) is 18.3 Å². The monoisotopic (exact) mass is 447 g/mol. The second kappa shape index (κ2) is 9.57. The molecule has 0 spiro atoms. The highest BCUT2D eigenvalue weighted by Crippen LogP contribution is 2.38. The van der Waals surface area contributed by atoms with Crippen molar-refractivity contribution in [3.05, 3.63) is 65.7 Å². The van der Waals surface area contributed by atoms with E-state index >= 15 is 0 Å². The van der Waals surface area contributed by atoms with Crippen molar-refractivity contribution in [2.24, 2.45) is 11.8 Å². The predicted octanol–water partition coefficient (Wildman–Crippen LogP) is 3.63. The summed E-state index contributed by atoms with van der Waals surface area (Å²) in [7, 11) is 1.67. The standard InChI is InChI=1S/C26H29N3O4/c1-17(19-11-8-12-20(15-19)27-24(31)18-9-4-3-5-10-18)28(2)23(30)16-29-25(32)21-13-6-7-14-22(21)26(29)33/h3-5,8-12,15,17,21-22H,6-7,13-14,16H2,1-2H3,(H,27,31)/t17-,21-,22+/m1/s1. The number of carbonyl (C=O) groups is 4. The van der Waals surface area contributed by atoms with E-state index < -0.39 is 0 Å². The van der Waals surface area contributed by atoms with Crippen LogP contribution in [0.5, 0.6) is 0 Å². The Balaban J connectivity index is 1.41. The number of amides is 4. The molecule has 3 atom stereocenters. The van der Waals surface area contributed by atoms with Crippen molar-refractivity contribution >= 4 is 29.3 Å². The number of anilines is 1. The maximum atomic E-state index is 13.0. The minimum atomic E-state index is -0.304. The van der Waals surface area contributed by atoms with E-state index in [-0.39, 0.29) is 48.1 Å². The van der Waals surface area contributed by atoms with Crippen molar-refractivity contribution in [2.45, 2.75) is 38.6 Å². The van der Waals surface area contributed by atoms with Crippen LogP contribution < -0.4 is 5.32 Å². The first-order valence-electron chi connectivity index (χ1n) is 11.4. The molecule has 1 saturated heterocycles. The van der Waals surface area contributed by atoms with E-state index in [1.807, 2.05) is 31.2 Å². The Bertz CT molecular complexity index is 1040. The molecule has 7 nitrogen and oxygen atoms in total. The van der Waals surface area contributed by atoms with E-state index in [9.17, 15) is 19.2 Å². The summed E-state index contributed by atoms with van der Waals surface area (Å²) >= 11 is 0. The minimum Gasteiger partial charge on any atom is -0.337 e. The molecule has 2 aromatic rings. The molecule has 2 aromatic carbocycles. The highest BCUT2D eigenvalue weighted by molar-refractivity contribution is 6.07. The van der Waals surface area contributed by atoms with Gasteiger partial charge in [-0.3, -0.25) is 24.1 Å². The number of imide groups is 1. The molecule has 1 aliphatic carbocycles. The summed E-state index contributed by atoms with van der Waals surface area (Å²) in [5, 5.41) is 2.88. The van der Waals surface area contributed by atoms with E-state index in [2.05, 4.69) is 5.32 Å². The molecule has 2 fully saturated rings. The molecule has 0 aromatic heterocycles. The van der Waals surface area contributed by atoms with Crippen LogP contribution in [0.1, 0.15) is 54.6 Å². The van der Waals surface area contributed by atoms with E-state index in [0.717, 1.165) is 36.1 Å². The van der Waals surface area contributed by atoms with Crippen molar-refractivity contribution < 1.29 is 19.2 Å². The number of likely N-dealkylation sites (N-methyl/N-ethyl adjacent to an activating group) is 1. The van der Waals surface area contributed by atoms with Gasteiger partial charge in [-0.1, -0.05) is 43.2 Å². The normalized spacial score (nSPS) is 20.8. The summed E-state index contributed by atoms with van der Waals surface area (Å²) in [5.41, 5.74) is 2.02. The molecule has 2 aliphatic rings. The van der Waals surface area contributed by atoms with Gasteiger partial charge in [0.2, 0.25) is 17.7 Å². The molecular formula is C26H29N3O4. The lowest BCUT2D eigenvalue weighted by atomic mass is 9.81. The maximum absolute atomic E-state index is 13.0. The number of likely N-dealkylation sites (tertiary alicyclic amines) is 1. The number of hydrogen-bond acceptors (Lipinski definition) is 4. The lowest BCUT2D eigenvalue weighted by molar-refractivity contribution is -0.146. The van der Waals surface area contributed by atoms with Gasteiger partial charge in [0.15, 0.2) is 0 Å². The maximum Gasteiger partial charge on any atom is 0.255 e. The van der Waals surface area contributed by atoms with Crippen LogP contribution in [0.4, 0.5) is 5.69 Å². The van der Waals surface area contributed by atoms with E-state index in [1.165, 1.54) is 0 Å². The summed E-state index contributed by atoms with van der Waals surface area (Å²) in [4.78, 5) is 53.5. The zero-order valence-corrected chi connectivity index (χ0v) is 19.0. The van der Waals surface area contributed by atoms with Gasteiger partial charge in [0.05, 0.1) is 17.9 Å². The number of hydrogen-bond donors (Lipinski definition) is 1. The average Bonchev–Trinajstić information content (AvgIpc) is 3.08. The van der Waals surface area contributed by atoms with Crippen LogP contribution in [-0.4, -0.2) is 47.0 Å². The van der Waals surface area contributed by atoms with Crippen LogP contribution in [0, 0.1) is 11.8 Å². The third-order valence-electron chi connectivity index (χ3n) is 6.86. The van der Waals surface area contributed by atoms with Crippen LogP contribution in [0.3, 0.4) is 0 Å². The first kappa shape index (κ1) is 22.7. The minimum absolute atomic E-state index is 0.204. The number of benzene rings is 2. The molecule has 172 valence electrons. The van der Waals surface area contributed by atoms with Crippen molar-refractivity contribution in [1.82, 2.24) is 9.80 Å². The van der Waals surface area contributed by atoms with Gasteiger partial charge in [-0.25, -0.2) is 0 Å². The third-order valence-corrected chi connectivity index (χ3v) is 6.86. The summed E-state index contributed by atoms with van der Waals surface area (Å²) in [6.07, 6.45) is 3.37. The zero-order valence-electron chi connectivity index (χ0n) is 19.0. The molecule has 0 unspecified atom stereocenters. The Morgan fingerprint density at radius 2 is 1.64 bits per heavy atom. The molecule has 4 amide bonds. The third kappa shape index (κ3) is 4.67. The van der Waals surface area contributed by atoms with Gasteiger partial charge in [0.25, 0.3) is 5.91 Å². The summed E-state index contributed by atoms with van der Waals surface area (Å²) in [6.45, 7) is 1.65. The van der Waals surface area contributed by atoms with Crippen molar-refractivity contribution in [1.29, 1.82) is 0 Å². The molecule has 0 radical (unpaired) electrons. The fraction of sp³-hybridized carbons (Fsp3) is 0.385. The van der Waals surface area contributed by atoms with E-state index in [1.54, 1.807) is 42.3 Å². The van der Waals surface area contributed by atoms with E-state index in [4.69, 9.17) is 0 Å². The van der Waals surface area contributed by atoms with Crippen molar-refractivity contribution in [3.8, 4) is 0 Å². The number of rotatable bonds is 6. The first-order chi connectivity index (χ1) is 15.9. The molecule has 1 aliphatic heterocycles. The molecular weight excluding hydrogens is 418 g/mol. The molecule has 33 heavy (non-hydrogen) atoms. The Labute approximate surface area is 193 Å². The number of nitrogens with one attached hydrogen (secondary N) is 1. The Hall–Kier alpha value is -3.48. The van der Waals surface area contributed by atoms with Crippen LogP contribution in [0.25, 0.3) is 0 Å². The Kier molecular flexibility index (Phi) is 6.58. The second-order valence-electron chi connectivity index (χ2n) is 8.89. The van der Waals surface area contributed by atoms with Crippen LogP contribution >= 0.6 is 0 Å². The summed E-state index contributed by atoms with van der Waals surface area (Å²) < 4.78 is 0. The molecule has 1 heterocycles. The molecule has 1 saturated carbocycles. The predicted molar refractivity (Wildman–Crippen MR) is 124 cm³/mol. The lowest BCUT2D eigenvalue weighted by Gasteiger charge is -2.27. The highest BCUT2D eigenvalue weighted by Gasteiger charge is 2.48. The fourth-order valence-corrected chi connectivity index (χ4v) is 4.74. The van der Waals surface area contributed by atoms with Crippen LogP contribution in [0.15, 0.2) is 54.6 Å². The lowest BCUT2D eigenvalue weighted by Crippen LogP contribution is -2.42. The van der Waals surface area contributed by atoms with Gasteiger partial charge in [-0.15, -0.1) is 0 Å². The van der Waals surface area contributed by atoms with Crippen LogP contribution in [0.2, 0.25) is 0 Å². The van der Waals surface area contributed by atoms with Crippen molar-refractivity contribution in [3.63, 3.8) is 0 Å². The summed E-state index contributed by atoms with van der Waals surface area (Å²) in [5.74, 6) is -1.42. The smallest absolute Gasteiger partial charge is 0.255 e. The molecule has 1 N–H and O–H groups in total. The van der Waals surface area contributed by atoms with Gasteiger partial charge < -0.3 is 10.2 Å². The number of fused-ring (bicyclic) bond motifs is 1. The molecule has 0 bridgehead atoms. The number of nitrogens with zero attached hydrogens (tertiary/aromatic N) is 2. The number of carbonyl (C=O) groups excluding carboxylic acids is 4. The van der Waals surface area contributed by atoms with Gasteiger partial charge in [0.1, 0.15) is 6.54 Å². The Morgan fingerprint density at radius 1 is 1.00 bits per heavy atom. The summed E-state index contributed by atoms with van der Waals surface area (Å²) in [6, 6.07) is 16.0.